The average molecular weight is 183 g/mol. The van der Waals surface area contributed by atoms with Gasteiger partial charge in [-0.2, -0.15) is 0 Å². The molecule has 0 aromatic carbocycles. The lowest BCUT2D eigenvalue weighted by Crippen LogP contribution is -2.12. The highest BCUT2D eigenvalue weighted by Crippen LogP contribution is 2.50. The molecule has 60 valence electrons. The highest BCUT2D eigenvalue weighted by molar-refractivity contribution is 7.91. The van der Waals surface area contributed by atoms with E-state index in [1.54, 1.807) is 0 Å². The third-order valence-corrected chi connectivity index (χ3v) is 4.47. The molecular formula is C6H11ClO2S. The first-order valence-corrected chi connectivity index (χ1v) is 5.64. The van der Waals surface area contributed by atoms with E-state index < -0.39 is 9.84 Å². The van der Waals surface area contributed by atoms with Gasteiger partial charge >= 0.3 is 0 Å². The van der Waals surface area contributed by atoms with Gasteiger partial charge in [0.1, 0.15) is 0 Å². The molecule has 0 saturated heterocycles. The number of alkyl halides is 1. The second kappa shape index (κ2) is 2.11. The summed E-state index contributed by atoms with van der Waals surface area (Å²) in [6.45, 7) is 1.91. The third kappa shape index (κ3) is 1.30. The molecule has 10 heavy (non-hydrogen) atoms. The number of hydrogen-bond donors (Lipinski definition) is 0. The van der Waals surface area contributed by atoms with Crippen molar-refractivity contribution >= 4 is 21.4 Å². The van der Waals surface area contributed by atoms with Crippen LogP contribution in [0.15, 0.2) is 0 Å². The Labute approximate surface area is 66.5 Å². The Bertz CT molecular complexity index is 234. The summed E-state index contributed by atoms with van der Waals surface area (Å²) >= 11 is 5.58. The molecule has 0 bridgehead atoms. The van der Waals surface area contributed by atoms with Gasteiger partial charge in [0, 0.05) is 12.1 Å². The minimum Gasteiger partial charge on any atom is -0.229 e. The van der Waals surface area contributed by atoms with Gasteiger partial charge in [0.15, 0.2) is 9.84 Å². The van der Waals surface area contributed by atoms with Crippen LogP contribution < -0.4 is 0 Å². The van der Waals surface area contributed by atoms with Gasteiger partial charge in [-0.25, -0.2) is 8.42 Å². The van der Waals surface area contributed by atoms with Crippen LogP contribution in [0.2, 0.25) is 0 Å². The first-order valence-electron chi connectivity index (χ1n) is 3.15. The fourth-order valence-electron chi connectivity index (χ4n) is 1.17. The lowest BCUT2D eigenvalue weighted by molar-refractivity contribution is 0.586. The van der Waals surface area contributed by atoms with Crippen LogP contribution in [0, 0.1) is 5.41 Å². The quantitative estimate of drug-likeness (QED) is 0.599. The molecule has 0 radical (unpaired) electrons. The topological polar surface area (TPSA) is 34.1 Å². The molecule has 1 saturated carbocycles. The molecule has 0 aliphatic heterocycles. The van der Waals surface area contributed by atoms with Crippen LogP contribution in [0.1, 0.15) is 13.3 Å². The van der Waals surface area contributed by atoms with Crippen LogP contribution in [-0.2, 0) is 9.84 Å². The van der Waals surface area contributed by atoms with Crippen molar-refractivity contribution in [3.63, 3.8) is 0 Å². The van der Waals surface area contributed by atoms with Gasteiger partial charge in [0.2, 0.25) is 0 Å². The fraction of sp³-hybridized carbons (Fsp3) is 1.00. The Balaban J connectivity index is 2.71. The Hall–Kier alpha value is 0.240. The van der Waals surface area contributed by atoms with Crippen molar-refractivity contribution in [2.45, 2.75) is 18.6 Å². The van der Waals surface area contributed by atoms with Gasteiger partial charge in [0.25, 0.3) is 0 Å². The second-order valence-electron chi connectivity index (χ2n) is 3.31. The summed E-state index contributed by atoms with van der Waals surface area (Å²) in [7, 11) is -2.83. The largest absolute Gasteiger partial charge is 0.229 e. The normalized spacial score (nSPS) is 39.7. The molecule has 0 heterocycles. The van der Waals surface area contributed by atoms with E-state index in [2.05, 4.69) is 0 Å². The van der Waals surface area contributed by atoms with Crippen LogP contribution in [0.25, 0.3) is 0 Å². The summed E-state index contributed by atoms with van der Waals surface area (Å²) < 4.78 is 21.8. The van der Waals surface area contributed by atoms with E-state index in [0.717, 1.165) is 6.42 Å². The summed E-state index contributed by atoms with van der Waals surface area (Å²) in [6.07, 6.45) is 2.00. The van der Waals surface area contributed by atoms with Crippen molar-refractivity contribution in [1.29, 1.82) is 0 Å². The van der Waals surface area contributed by atoms with E-state index in [0.29, 0.717) is 5.88 Å². The highest BCUT2D eigenvalue weighted by atomic mass is 35.5. The van der Waals surface area contributed by atoms with Gasteiger partial charge in [-0.1, -0.05) is 6.92 Å². The Kier molecular flexibility index (Phi) is 1.76. The zero-order valence-electron chi connectivity index (χ0n) is 6.09. The SMILES string of the molecule is C[C@@]1(CCl)C[C@H]1S(C)(=O)=O. The zero-order chi connectivity index (χ0) is 7.99. The van der Waals surface area contributed by atoms with Gasteiger partial charge in [0.05, 0.1) is 5.25 Å². The predicted octanol–water partition coefficient (Wildman–Crippen LogP) is 1.05. The number of sulfone groups is 1. The summed E-state index contributed by atoms with van der Waals surface area (Å²) in [5, 5.41) is -0.183. The van der Waals surface area contributed by atoms with Gasteiger partial charge in [-0.05, 0) is 11.8 Å². The van der Waals surface area contributed by atoms with Crippen molar-refractivity contribution < 1.29 is 8.42 Å². The van der Waals surface area contributed by atoms with Gasteiger partial charge in [-0.15, -0.1) is 11.6 Å². The van der Waals surface area contributed by atoms with Crippen molar-refractivity contribution in [1.82, 2.24) is 0 Å². The van der Waals surface area contributed by atoms with Crippen LogP contribution in [0.3, 0.4) is 0 Å². The van der Waals surface area contributed by atoms with E-state index >= 15 is 0 Å². The van der Waals surface area contributed by atoms with Crippen LogP contribution in [-0.4, -0.2) is 25.8 Å². The maximum absolute atomic E-state index is 10.9. The average Bonchev–Trinajstić information content (AvgIpc) is 2.43. The number of hydrogen-bond acceptors (Lipinski definition) is 2. The van der Waals surface area contributed by atoms with E-state index in [4.69, 9.17) is 11.6 Å². The molecule has 4 heteroatoms. The van der Waals surface area contributed by atoms with Crippen molar-refractivity contribution in [2.24, 2.45) is 5.41 Å². The van der Waals surface area contributed by atoms with Gasteiger partial charge < -0.3 is 0 Å². The molecule has 0 amide bonds. The van der Waals surface area contributed by atoms with Crippen LogP contribution in [0.5, 0.6) is 0 Å². The second-order valence-corrected chi connectivity index (χ2v) is 5.81. The predicted molar refractivity (Wildman–Crippen MR) is 42.1 cm³/mol. The molecule has 0 unspecified atom stereocenters. The molecule has 0 N–H and O–H groups in total. The van der Waals surface area contributed by atoms with Crippen molar-refractivity contribution in [2.75, 3.05) is 12.1 Å². The van der Waals surface area contributed by atoms with E-state index in [1.165, 1.54) is 6.26 Å². The minimum absolute atomic E-state index is 0.130. The van der Waals surface area contributed by atoms with Crippen molar-refractivity contribution in [3.05, 3.63) is 0 Å². The Morgan fingerprint density at radius 2 is 2.20 bits per heavy atom. The smallest absolute Gasteiger partial charge is 0.150 e. The summed E-state index contributed by atoms with van der Waals surface area (Å²) in [6, 6.07) is 0. The maximum atomic E-state index is 10.9. The summed E-state index contributed by atoms with van der Waals surface area (Å²) in [5.74, 6) is 0.449. The zero-order valence-corrected chi connectivity index (χ0v) is 7.67. The van der Waals surface area contributed by atoms with Crippen LogP contribution >= 0.6 is 11.6 Å². The maximum Gasteiger partial charge on any atom is 0.150 e. The summed E-state index contributed by atoms with van der Waals surface area (Å²) in [4.78, 5) is 0. The lowest BCUT2D eigenvalue weighted by atomic mass is 10.2. The highest BCUT2D eigenvalue weighted by Gasteiger charge is 2.55. The van der Waals surface area contributed by atoms with Crippen LogP contribution in [0.4, 0.5) is 0 Å². The molecule has 1 fully saturated rings. The third-order valence-electron chi connectivity index (χ3n) is 2.09. The monoisotopic (exact) mass is 182 g/mol. The number of halogens is 1. The fourth-order valence-corrected chi connectivity index (χ4v) is 3.36. The van der Waals surface area contributed by atoms with E-state index in [-0.39, 0.29) is 10.7 Å². The molecule has 0 aromatic rings. The molecule has 2 nitrogen and oxygen atoms in total. The molecule has 2 atom stereocenters. The number of rotatable bonds is 2. The molecule has 1 rings (SSSR count). The Morgan fingerprint density at radius 1 is 1.70 bits per heavy atom. The first kappa shape index (κ1) is 8.34. The lowest BCUT2D eigenvalue weighted by Gasteiger charge is -2.02. The Morgan fingerprint density at radius 3 is 2.30 bits per heavy atom. The molecular weight excluding hydrogens is 172 g/mol. The standard InChI is InChI=1S/C6H11ClO2S/c1-6(4-7)3-5(6)10(2,8)9/h5H,3-4H2,1-2H3/t5-,6+/m1/s1. The van der Waals surface area contributed by atoms with Crippen molar-refractivity contribution in [3.8, 4) is 0 Å². The van der Waals surface area contributed by atoms with E-state index in [9.17, 15) is 8.42 Å². The molecule has 0 aromatic heterocycles. The molecule has 0 spiro atoms. The summed E-state index contributed by atoms with van der Waals surface area (Å²) in [5.41, 5.74) is -0.130. The minimum atomic E-state index is -2.83. The van der Waals surface area contributed by atoms with Gasteiger partial charge in [-0.3, -0.25) is 0 Å². The molecule has 1 aliphatic carbocycles. The molecule has 1 aliphatic rings. The van der Waals surface area contributed by atoms with E-state index in [1.807, 2.05) is 6.92 Å². The first-order chi connectivity index (χ1) is 4.40.